The Kier molecular flexibility index (Phi) is 7.06. The smallest absolute Gasteiger partial charge is 0.337 e. The van der Waals surface area contributed by atoms with Crippen molar-refractivity contribution in [3.05, 3.63) is 59.5 Å². The SMILES string of the molecule is COC(=O)c1ccc(CNc2nc(C)c(-c3nc4cnccc4s3)c(NC3CCC(CO)C3)n2)cc1. The van der Waals surface area contributed by atoms with Crippen LogP contribution >= 0.6 is 11.3 Å². The summed E-state index contributed by atoms with van der Waals surface area (Å²) in [4.78, 5) is 30.3. The summed E-state index contributed by atoms with van der Waals surface area (Å²) >= 11 is 1.59. The van der Waals surface area contributed by atoms with E-state index < -0.39 is 0 Å². The third-order valence-corrected chi connectivity index (χ3v) is 7.51. The predicted molar refractivity (Wildman–Crippen MR) is 140 cm³/mol. The fourth-order valence-electron chi connectivity index (χ4n) is 4.52. The Morgan fingerprint density at radius 1 is 1.17 bits per heavy atom. The summed E-state index contributed by atoms with van der Waals surface area (Å²) in [6.07, 6.45) is 6.41. The van der Waals surface area contributed by atoms with Gasteiger partial charge in [0.15, 0.2) is 0 Å². The molecule has 2 unspecified atom stereocenters. The van der Waals surface area contributed by atoms with Crippen LogP contribution in [-0.4, -0.2) is 50.8 Å². The van der Waals surface area contributed by atoms with Crippen molar-refractivity contribution in [2.75, 3.05) is 24.4 Å². The van der Waals surface area contributed by atoms with E-state index in [1.165, 1.54) is 7.11 Å². The van der Waals surface area contributed by atoms with Crippen LogP contribution in [0.5, 0.6) is 0 Å². The van der Waals surface area contributed by atoms with Crippen molar-refractivity contribution in [3.8, 4) is 10.6 Å². The molecule has 4 aromatic rings. The number of aryl methyl sites for hydroxylation is 1. The molecule has 0 spiro atoms. The van der Waals surface area contributed by atoms with E-state index in [0.717, 1.165) is 57.1 Å². The molecule has 1 aliphatic carbocycles. The van der Waals surface area contributed by atoms with Gasteiger partial charge in [-0.15, -0.1) is 11.3 Å². The van der Waals surface area contributed by atoms with Gasteiger partial charge in [0, 0.05) is 25.4 Å². The Morgan fingerprint density at radius 2 is 2.00 bits per heavy atom. The van der Waals surface area contributed by atoms with E-state index in [9.17, 15) is 9.90 Å². The number of esters is 1. The molecular formula is C26H28N6O3S. The summed E-state index contributed by atoms with van der Waals surface area (Å²) in [6.45, 7) is 2.68. The number of fused-ring (bicyclic) bond motifs is 1. The first-order chi connectivity index (χ1) is 17.5. The van der Waals surface area contributed by atoms with Gasteiger partial charge >= 0.3 is 5.97 Å². The highest BCUT2D eigenvalue weighted by molar-refractivity contribution is 7.21. The number of benzene rings is 1. The maximum Gasteiger partial charge on any atom is 0.337 e. The number of aliphatic hydroxyl groups excluding tert-OH is 1. The lowest BCUT2D eigenvalue weighted by Gasteiger charge is -2.18. The lowest BCUT2D eigenvalue weighted by molar-refractivity contribution is 0.0600. The summed E-state index contributed by atoms with van der Waals surface area (Å²) in [7, 11) is 1.37. The number of hydrogen-bond acceptors (Lipinski definition) is 10. The third-order valence-electron chi connectivity index (χ3n) is 6.46. The van der Waals surface area contributed by atoms with Crippen LogP contribution in [0.25, 0.3) is 20.8 Å². The molecule has 1 aliphatic rings. The van der Waals surface area contributed by atoms with Crippen molar-refractivity contribution in [2.45, 2.75) is 38.8 Å². The van der Waals surface area contributed by atoms with Crippen molar-refractivity contribution >= 4 is 39.3 Å². The average Bonchev–Trinajstić information content (AvgIpc) is 3.53. The average molecular weight is 505 g/mol. The van der Waals surface area contributed by atoms with Crippen LogP contribution in [0.15, 0.2) is 42.7 Å². The summed E-state index contributed by atoms with van der Waals surface area (Å²) in [5.41, 5.74) is 4.05. The van der Waals surface area contributed by atoms with Crippen LogP contribution in [0.4, 0.5) is 11.8 Å². The molecule has 10 heteroatoms. The number of methoxy groups -OCH3 is 1. The molecule has 0 amide bonds. The molecule has 1 saturated carbocycles. The molecule has 0 saturated heterocycles. The molecule has 5 rings (SSSR count). The zero-order chi connectivity index (χ0) is 25.1. The molecule has 1 aromatic carbocycles. The van der Waals surface area contributed by atoms with E-state index in [1.807, 2.05) is 25.1 Å². The molecule has 186 valence electrons. The molecule has 2 atom stereocenters. The Labute approximate surface area is 213 Å². The lowest BCUT2D eigenvalue weighted by Crippen LogP contribution is -2.19. The fraction of sp³-hybridized carbons (Fsp3) is 0.346. The quantitative estimate of drug-likeness (QED) is 0.299. The summed E-state index contributed by atoms with van der Waals surface area (Å²) in [6, 6.07) is 9.43. The van der Waals surface area contributed by atoms with Crippen molar-refractivity contribution < 1.29 is 14.6 Å². The second-order valence-corrected chi connectivity index (χ2v) is 9.99. The van der Waals surface area contributed by atoms with E-state index in [4.69, 9.17) is 19.7 Å². The van der Waals surface area contributed by atoms with Gasteiger partial charge in [0.2, 0.25) is 5.95 Å². The molecule has 9 nitrogen and oxygen atoms in total. The Hall–Kier alpha value is -3.63. The number of carbonyl (C=O) groups is 1. The van der Waals surface area contributed by atoms with Crippen molar-refractivity contribution in [1.82, 2.24) is 19.9 Å². The Balaban J connectivity index is 1.43. The van der Waals surface area contributed by atoms with E-state index >= 15 is 0 Å². The Morgan fingerprint density at radius 3 is 2.72 bits per heavy atom. The number of thiazole rings is 1. The summed E-state index contributed by atoms with van der Waals surface area (Å²) in [5, 5.41) is 17.4. The molecule has 1 fully saturated rings. The number of ether oxygens (including phenoxy) is 1. The van der Waals surface area contributed by atoms with E-state index in [1.54, 1.807) is 35.9 Å². The lowest BCUT2D eigenvalue weighted by atomic mass is 10.1. The number of pyridine rings is 1. The molecular weight excluding hydrogens is 476 g/mol. The zero-order valence-electron chi connectivity index (χ0n) is 20.2. The maximum absolute atomic E-state index is 11.7. The highest BCUT2D eigenvalue weighted by Gasteiger charge is 2.26. The standard InChI is InChI=1S/C26H28N6O3S/c1-15-22(24-31-20-13-27-10-9-21(20)36-24)23(30-19-8-5-17(11-19)14-33)32-26(29-15)28-12-16-3-6-18(7-4-16)25(34)35-2/h3-4,6-7,9-10,13,17,19,33H,5,8,11-12,14H2,1-2H3,(H2,28,29,30,32). The van der Waals surface area contributed by atoms with Crippen molar-refractivity contribution in [2.24, 2.45) is 5.92 Å². The van der Waals surface area contributed by atoms with Crippen LogP contribution in [0.2, 0.25) is 0 Å². The second kappa shape index (κ2) is 10.5. The molecule has 36 heavy (non-hydrogen) atoms. The predicted octanol–water partition coefficient (Wildman–Crippen LogP) is 4.43. The minimum Gasteiger partial charge on any atom is -0.465 e. The topological polar surface area (TPSA) is 122 Å². The van der Waals surface area contributed by atoms with Gasteiger partial charge in [-0.05, 0) is 55.9 Å². The number of aliphatic hydroxyl groups is 1. The van der Waals surface area contributed by atoms with Crippen LogP contribution in [0.3, 0.4) is 0 Å². The fourth-order valence-corrected chi connectivity index (χ4v) is 5.55. The van der Waals surface area contributed by atoms with E-state index in [0.29, 0.717) is 24.0 Å². The number of anilines is 2. The number of hydrogen-bond donors (Lipinski definition) is 3. The normalized spacial score (nSPS) is 17.3. The molecule has 3 aromatic heterocycles. The van der Waals surface area contributed by atoms with Gasteiger partial charge in [-0.25, -0.2) is 14.8 Å². The maximum atomic E-state index is 11.7. The van der Waals surface area contributed by atoms with Crippen molar-refractivity contribution in [3.63, 3.8) is 0 Å². The monoisotopic (exact) mass is 504 g/mol. The van der Waals surface area contributed by atoms with Gasteiger partial charge in [-0.2, -0.15) is 4.98 Å². The number of carbonyl (C=O) groups excluding carboxylic acids is 1. The number of rotatable bonds is 8. The van der Waals surface area contributed by atoms with Crippen LogP contribution in [-0.2, 0) is 11.3 Å². The number of nitrogens with one attached hydrogen (secondary N) is 2. The molecule has 3 N–H and O–H groups in total. The van der Waals surface area contributed by atoms with Gasteiger partial charge in [-0.1, -0.05) is 12.1 Å². The van der Waals surface area contributed by atoms with E-state index in [2.05, 4.69) is 15.6 Å². The molecule has 0 aliphatic heterocycles. The first-order valence-corrected chi connectivity index (χ1v) is 12.7. The Bertz CT molecular complexity index is 1340. The highest BCUT2D eigenvalue weighted by atomic mass is 32.1. The van der Waals surface area contributed by atoms with Crippen LogP contribution in [0.1, 0.15) is 40.9 Å². The van der Waals surface area contributed by atoms with Crippen LogP contribution in [0, 0.1) is 12.8 Å². The highest BCUT2D eigenvalue weighted by Crippen LogP contribution is 2.37. The second-order valence-electron chi connectivity index (χ2n) is 8.96. The molecule has 3 heterocycles. The number of aromatic nitrogens is 4. The van der Waals surface area contributed by atoms with E-state index in [-0.39, 0.29) is 18.6 Å². The first-order valence-electron chi connectivity index (χ1n) is 11.9. The minimum atomic E-state index is -0.360. The third kappa shape index (κ3) is 5.14. The zero-order valence-corrected chi connectivity index (χ0v) is 21.0. The van der Waals surface area contributed by atoms with Gasteiger partial charge < -0.3 is 20.5 Å². The van der Waals surface area contributed by atoms with Gasteiger partial charge in [0.25, 0.3) is 0 Å². The summed E-state index contributed by atoms with van der Waals surface area (Å²) in [5.74, 6) is 1.20. The largest absolute Gasteiger partial charge is 0.465 e. The first kappa shape index (κ1) is 24.1. The number of nitrogens with zero attached hydrogens (tertiary/aromatic N) is 4. The van der Waals surface area contributed by atoms with Gasteiger partial charge in [0.1, 0.15) is 16.3 Å². The van der Waals surface area contributed by atoms with Gasteiger partial charge in [0.05, 0.1) is 34.8 Å². The molecule has 0 radical (unpaired) electrons. The van der Waals surface area contributed by atoms with Crippen molar-refractivity contribution in [1.29, 1.82) is 0 Å². The van der Waals surface area contributed by atoms with Crippen LogP contribution < -0.4 is 10.6 Å². The molecule has 0 bridgehead atoms. The summed E-state index contributed by atoms with van der Waals surface area (Å²) < 4.78 is 5.82. The van der Waals surface area contributed by atoms with Gasteiger partial charge in [-0.3, -0.25) is 4.98 Å². The minimum absolute atomic E-state index is 0.209.